The van der Waals surface area contributed by atoms with Gasteiger partial charge in [0.05, 0.1) is 17.3 Å². The number of hydrogen-bond donors (Lipinski definition) is 1. The minimum Gasteiger partial charge on any atom is -0.493 e. The maximum Gasteiger partial charge on any atom is 0.128 e. The van der Waals surface area contributed by atoms with Crippen molar-refractivity contribution in [3.8, 4) is 17.0 Å². The van der Waals surface area contributed by atoms with Crippen LogP contribution < -0.4 is 10.1 Å². The van der Waals surface area contributed by atoms with E-state index in [1.807, 2.05) is 19.4 Å². The van der Waals surface area contributed by atoms with Crippen molar-refractivity contribution >= 4 is 11.3 Å². The molecule has 3 nitrogen and oxygen atoms in total. The van der Waals surface area contributed by atoms with Crippen molar-refractivity contribution in [1.82, 2.24) is 10.3 Å². The van der Waals surface area contributed by atoms with Gasteiger partial charge in [0.2, 0.25) is 0 Å². The van der Waals surface area contributed by atoms with Crippen LogP contribution in [0.3, 0.4) is 0 Å². The van der Waals surface area contributed by atoms with Gasteiger partial charge in [0.15, 0.2) is 0 Å². The molecule has 0 saturated heterocycles. The molecule has 0 aliphatic rings. The normalized spacial score (nSPS) is 10.7. The number of likely N-dealkylation sites (N-methyl/N-ethyl adjacent to an activating group) is 1. The summed E-state index contributed by atoms with van der Waals surface area (Å²) in [6.07, 6.45) is 0.875. The summed E-state index contributed by atoms with van der Waals surface area (Å²) in [6.45, 7) is 3.34. The Hall–Kier alpha value is -1.46. The van der Waals surface area contributed by atoms with E-state index in [4.69, 9.17) is 4.74 Å². The molecule has 1 N–H and O–H groups in total. The monoisotopic (exact) mass is 280 g/mol. The van der Waals surface area contributed by atoms with Crippen LogP contribution in [0.25, 0.3) is 11.3 Å². The Labute approximate surface area is 116 Å². The van der Waals surface area contributed by atoms with E-state index in [0.29, 0.717) is 17.9 Å². The predicted octanol–water partition coefficient (Wildman–Crippen LogP) is 3.11. The van der Waals surface area contributed by atoms with Crippen LogP contribution in [-0.2, 0) is 6.42 Å². The highest BCUT2D eigenvalue weighted by Crippen LogP contribution is 2.31. The fourth-order valence-corrected chi connectivity index (χ4v) is 2.56. The number of hydrogen-bond acceptors (Lipinski definition) is 4. The molecule has 0 bridgehead atoms. The topological polar surface area (TPSA) is 34.1 Å². The zero-order valence-corrected chi connectivity index (χ0v) is 11.9. The Bertz CT molecular complexity index is 542. The van der Waals surface area contributed by atoms with E-state index in [9.17, 15) is 4.39 Å². The number of nitrogens with one attached hydrogen (secondary N) is 1. The fraction of sp³-hybridized carbons (Fsp3) is 0.357. The van der Waals surface area contributed by atoms with Gasteiger partial charge in [-0.3, -0.25) is 0 Å². The second-order valence-corrected chi connectivity index (χ2v) is 5.00. The Morgan fingerprint density at radius 2 is 2.26 bits per heavy atom. The number of thiazole rings is 1. The van der Waals surface area contributed by atoms with Gasteiger partial charge < -0.3 is 10.1 Å². The van der Waals surface area contributed by atoms with E-state index >= 15 is 0 Å². The van der Waals surface area contributed by atoms with Crippen LogP contribution in [0.1, 0.15) is 11.9 Å². The van der Waals surface area contributed by atoms with Crippen molar-refractivity contribution in [2.24, 2.45) is 0 Å². The first-order valence-electron chi connectivity index (χ1n) is 6.26. The number of ether oxygens (including phenoxy) is 1. The molecule has 1 heterocycles. The van der Waals surface area contributed by atoms with Crippen molar-refractivity contribution in [2.75, 3.05) is 20.2 Å². The lowest BCUT2D eigenvalue weighted by Crippen LogP contribution is -2.09. The van der Waals surface area contributed by atoms with E-state index in [-0.39, 0.29) is 5.82 Å². The van der Waals surface area contributed by atoms with Crippen LogP contribution in [0.15, 0.2) is 23.6 Å². The van der Waals surface area contributed by atoms with Crippen LogP contribution in [0.2, 0.25) is 0 Å². The predicted molar refractivity (Wildman–Crippen MR) is 76.3 cm³/mol. The largest absolute Gasteiger partial charge is 0.493 e. The summed E-state index contributed by atoms with van der Waals surface area (Å²) < 4.78 is 18.9. The maximum absolute atomic E-state index is 13.4. The molecule has 0 fully saturated rings. The molecule has 0 saturated carbocycles. The van der Waals surface area contributed by atoms with Gasteiger partial charge >= 0.3 is 0 Å². The zero-order valence-electron chi connectivity index (χ0n) is 11.1. The van der Waals surface area contributed by atoms with Crippen LogP contribution in [0.5, 0.6) is 5.75 Å². The van der Waals surface area contributed by atoms with Crippen LogP contribution in [0.4, 0.5) is 4.39 Å². The Kier molecular flexibility index (Phi) is 4.87. The number of rotatable bonds is 6. The Morgan fingerprint density at radius 3 is 3.00 bits per heavy atom. The van der Waals surface area contributed by atoms with Crippen molar-refractivity contribution in [3.63, 3.8) is 0 Å². The third-order valence-corrected chi connectivity index (χ3v) is 3.57. The second-order valence-electron chi connectivity index (χ2n) is 4.05. The average molecular weight is 280 g/mol. The number of aromatic nitrogens is 1. The molecule has 1 aromatic heterocycles. The molecule has 0 unspecified atom stereocenters. The van der Waals surface area contributed by atoms with Crippen LogP contribution >= 0.6 is 11.3 Å². The summed E-state index contributed by atoms with van der Waals surface area (Å²) in [6, 6.07) is 4.53. The molecule has 2 aromatic rings. The van der Waals surface area contributed by atoms with E-state index in [0.717, 1.165) is 23.7 Å². The quantitative estimate of drug-likeness (QED) is 0.883. The van der Waals surface area contributed by atoms with Crippen LogP contribution in [0, 0.1) is 5.82 Å². The molecule has 0 amide bonds. The highest BCUT2D eigenvalue weighted by Gasteiger charge is 2.11. The lowest BCUT2D eigenvalue weighted by Gasteiger charge is -2.08. The van der Waals surface area contributed by atoms with Gasteiger partial charge in [0, 0.05) is 23.9 Å². The molecule has 5 heteroatoms. The standard InChI is InChI=1S/C14H17FN2OS/c1-3-18-13-5-4-10(15)8-11(13)12-9-19-14(17-12)6-7-16-2/h4-5,8-9,16H,3,6-7H2,1-2H3. The third kappa shape index (κ3) is 3.52. The summed E-state index contributed by atoms with van der Waals surface area (Å²) in [7, 11) is 1.91. The first kappa shape index (κ1) is 14.0. The Morgan fingerprint density at radius 1 is 1.42 bits per heavy atom. The average Bonchev–Trinajstić information content (AvgIpc) is 2.87. The minimum absolute atomic E-state index is 0.275. The zero-order chi connectivity index (χ0) is 13.7. The molecule has 0 spiro atoms. The van der Waals surface area contributed by atoms with E-state index in [2.05, 4.69) is 10.3 Å². The molecule has 0 aliphatic heterocycles. The molecular formula is C14H17FN2OS. The van der Waals surface area contributed by atoms with Gasteiger partial charge in [-0.25, -0.2) is 9.37 Å². The first-order chi connectivity index (χ1) is 9.24. The summed E-state index contributed by atoms with van der Waals surface area (Å²) in [5.74, 6) is 0.401. The minimum atomic E-state index is -0.275. The molecule has 2 rings (SSSR count). The molecule has 0 atom stereocenters. The highest BCUT2D eigenvalue weighted by molar-refractivity contribution is 7.09. The SMILES string of the molecule is CCOc1ccc(F)cc1-c1csc(CCNC)n1. The molecule has 0 aliphatic carbocycles. The summed E-state index contributed by atoms with van der Waals surface area (Å²) >= 11 is 1.59. The van der Waals surface area contributed by atoms with E-state index in [1.54, 1.807) is 17.4 Å². The smallest absolute Gasteiger partial charge is 0.128 e. The van der Waals surface area contributed by atoms with Gasteiger partial charge in [-0.1, -0.05) is 0 Å². The second kappa shape index (κ2) is 6.63. The van der Waals surface area contributed by atoms with Gasteiger partial charge in [-0.2, -0.15) is 0 Å². The first-order valence-corrected chi connectivity index (χ1v) is 7.14. The molecule has 102 valence electrons. The van der Waals surface area contributed by atoms with Crippen molar-refractivity contribution in [2.45, 2.75) is 13.3 Å². The van der Waals surface area contributed by atoms with Gasteiger partial charge in [-0.05, 0) is 32.2 Å². The number of halogens is 1. The van der Waals surface area contributed by atoms with Gasteiger partial charge in [0.25, 0.3) is 0 Å². The highest BCUT2D eigenvalue weighted by atomic mass is 32.1. The van der Waals surface area contributed by atoms with E-state index < -0.39 is 0 Å². The van der Waals surface area contributed by atoms with Gasteiger partial charge in [0.1, 0.15) is 11.6 Å². The summed E-state index contributed by atoms with van der Waals surface area (Å²) in [5.41, 5.74) is 1.49. The maximum atomic E-state index is 13.4. The number of nitrogens with zero attached hydrogens (tertiary/aromatic N) is 1. The van der Waals surface area contributed by atoms with E-state index in [1.165, 1.54) is 12.1 Å². The molecule has 19 heavy (non-hydrogen) atoms. The number of benzene rings is 1. The fourth-order valence-electron chi connectivity index (χ4n) is 1.77. The molecular weight excluding hydrogens is 263 g/mol. The van der Waals surface area contributed by atoms with Gasteiger partial charge in [-0.15, -0.1) is 11.3 Å². The lowest BCUT2D eigenvalue weighted by atomic mass is 10.1. The molecule has 0 radical (unpaired) electrons. The van der Waals surface area contributed by atoms with Crippen molar-refractivity contribution in [3.05, 3.63) is 34.4 Å². The van der Waals surface area contributed by atoms with Crippen molar-refractivity contribution in [1.29, 1.82) is 0 Å². The van der Waals surface area contributed by atoms with Crippen molar-refractivity contribution < 1.29 is 9.13 Å². The van der Waals surface area contributed by atoms with Crippen LogP contribution in [-0.4, -0.2) is 25.2 Å². The Balaban J connectivity index is 2.29. The summed E-state index contributed by atoms with van der Waals surface area (Å²) in [5, 5.41) is 6.07. The summed E-state index contributed by atoms with van der Waals surface area (Å²) in [4.78, 5) is 4.53. The molecule has 1 aromatic carbocycles. The lowest BCUT2D eigenvalue weighted by molar-refractivity contribution is 0.341. The third-order valence-electron chi connectivity index (χ3n) is 2.66.